The Bertz CT molecular complexity index is 543. The van der Waals surface area contributed by atoms with E-state index in [-0.39, 0.29) is 5.82 Å². The molecule has 1 heterocycles. The SMILES string of the molecule is Nc1cncc(Br)c1Oc1ccc(F)c(Br)c1. The topological polar surface area (TPSA) is 48.1 Å². The van der Waals surface area contributed by atoms with E-state index in [9.17, 15) is 4.39 Å². The van der Waals surface area contributed by atoms with E-state index in [2.05, 4.69) is 36.8 Å². The Morgan fingerprint density at radius 3 is 2.59 bits per heavy atom. The summed E-state index contributed by atoms with van der Waals surface area (Å²) in [5, 5.41) is 0. The molecule has 2 rings (SSSR count). The first-order chi connectivity index (χ1) is 8.08. The van der Waals surface area contributed by atoms with Gasteiger partial charge in [-0.25, -0.2) is 4.39 Å². The van der Waals surface area contributed by atoms with E-state index in [0.29, 0.717) is 26.1 Å². The van der Waals surface area contributed by atoms with Crippen molar-refractivity contribution < 1.29 is 9.13 Å². The van der Waals surface area contributed by atoms with Crippen LogP contribution in [0.25, 0.3) is 0 Å². The summed E-state index contributed by atoms with van der Waals surface area (Å²) < 4.78 is 19.6. The fourth-order valence-electron chi connectivity index (χ4n) is 1.20. The summed E-state index contributed by atoms with van der Waals surface area (Å²) >= 11 is 6.37. The first kappa shape index (κ1) is 12.3. The van der Waals surface area contributed by atoms with Gasteiger partial charge in [0.1, 0.15) is 11.6 Å². The van der Waals surface area contributed by atoms with Gasteiger partial charge < -0.3 is 10.5 Å². The van der Waals surface area contributed by atoms with Gasteiger partial charge in [0.2, 0.25) is 0 Å². The van der Waals surface area contributed by atoms with Gasteiger partial charge in [-0.05, 0) is 50.1 Å². The van der Waals surface area contributed by atoms with Crippen LogP contribution < -0.4 is 10.5 Å². The van der Waals surface area contributed by atoms with E-state index in [1.54, 1.807) is 6.20 Å². The van der Waals surface area contributed by atoms with Crippen LogP contribution in [0.3, 0.4) is 0 Å². The van der Waals surface area contributed by atoms with Gasteiger partial charge in [-0.3, -0.25) is 4.98 Å². The number of ether oxygens (including phenoxy) is 1. The number of nitrogens with zero attached hydrogens (tertiary/aromatic N) is 1. The van der Waals surface area contributed by atoms with Crippen LogP contribution in [0.4, 0.5) is 10.1 Å². The Morgan fingerprint density at radius 1 is 1.18 bits per heavy atom. The summed E-state index contributed by atoms with van der Waals surface area (Å²) in [5.74, 6) is 0.592. The molecule has 0 bridgehead atoms. The van der Waals surface area contributed by atoms with E-state index in [1.807, 2.05) is 0 Å². The second-order valence-corrected chi connectivity index (χ2v) is 4.93. The zero-order valence-electron chi connectivity index (χ0n) is 8.45. The molecule has 0 radical (unpaired) electrons. The Balaban J connectivity index is 2.35. The monoisotopic (exact) mass is 360 g/mol. The van der Waals surface area contributed by atoms with Crippen LogP contribution in [0.1, 0.15) is 0 Å². The van der Waals surface area contributed by atoms with Crippen LogP contribution in [-0.2, 0) is 0 Å². The van der Waals surface area contributed by atoms with Crippen molar-refractivity contribution in [2.24, 2.45) is 0 Å². The molecule has 0 atom stereocenters. The summed E-state index contributed by atoms with van der Waals surface area (Å²) in [6, 6.07) is 4.36. The Hall–Kier alpha value is -1.14. The quantitative estimate of drug-likeness (QED) is 0.875. The molecule has 2 N–H and O–H groups in total. The number of aromatic nitrogens is 1. The van der Waals surface area contributed by atoms with Gasteiger partial charge in [0.15, 0.2) is 5.75 Å². The number of pyridine rings is 1. The normalized spacial score (nSPS) is 10.3. The fourth-order valence-corrected chi connectivity index (χ4v) is 1.99. The zero-order valence-corrected chi connectivity index (χ0v) is 11.6. The minimum absolute atomic E-state index is 0.332. The van der Waals surface area contributed by atoms with Crippen LogP contribution in [0.15, 0.2) is 39.5 Å². The number of benzene rings is 1. The maximum Gasteiger partial charge on any atom is 0.167 e. The molecule has 0 unspecified atom stereocenters. The summed E-state index contributed by atoms with van der Waals surface area (Å²) in [6.45, 7) is 0. The predicted octanol–water partition coefficient (Wildman–Crippen LogP) is 4.12. The molecule has 3 nitrogen and oxygen atoms in total. The molecule has 0 aliphatic heterocycles. The summed E-state index contributed by atoms with van der Waals surface area (Å²) in [5.41, 5.74) is 6.14. The molecule has 0 amide bonds. The standard InChI is InChI=1S/C11H7Br2FN2O/c12-7-3-6(1-2-9(7)14)17-11-8(13)4-16-5-10(11)15/h1-5H,15H2. The molecular weight excluding hydrogens is 355 g/mol. The molecular formula is C11H7Br2FN2O. The predicted molar refractivity (Wildman–Crippen MR) is 70.5 cm³/mol. The second kappa shape index (κ2) is 5.01. The lowest BCUT2D eigenvalue weighted by molar-refractivity contribution is 0.478. The average molecular weight is 362 g/mol. The third kappa shape index (κ3) is 2.76. The Kier molecular flexibility index (Phi) is 3.63. The zero-order chi connectivity index (χ0) is 12.4. The van der Waals surface area contributed by atoms with E-state index in [0.717, 1.165) is 0 Å². The molecule has 17 heavy (non-hydrogen) atoms. The number of anilines is 1. The third-order valence-corrected chi connectivity index (χ3v) is 3.16. The lowest BCUT2D eigenvalue weighted by atomic mass is 10.3. The highest BCUT2D eigenvalue weighted by Crippen LogP contribution is 2.35. The van der Waals surface area contributed by atoms with E-state index < -0.39 is 0 Å². The summed E-state index contributed by atoms with van der Waals surface area (Å²) in [4.78, 5) is 3.90. The smallest absolute Gasteiger partial charge is 0.167 e. The van der Waals surface area contributed by atoms with Gasteiger partial charge >= 0.3 is 0 Å². The van der Waals surface area contributed by atoms with Crippen LogP contribution in [-0.4, -0.2) is 4.98 Å². The van der Waals surface area contributed by atoms with Gasteiger partial charge in [-0.1, -0.05) is 0 Å². The van der Waals surface area contributed by atoms with Crippen molar-refractivity contribution in [3.05, 3.63) is 45.4 Å². The number of halogens is 3. The van der Waals surface area contributed by atoms with E-state index >= 15 is 0 Å². The molecule has 1 aromatic heterocycles. The van der Waals surface area contributed by atoms with Crippen molar-refractivity contribution in [3.8, 4) is 11.5 Å². The molecule has 1 aromatic carbocycles. The Labute approximate surface area is 114 Å². The number of hydrogen-bond acceptors (Lipinski definition) is 3. The maximum absolute atomic E-state index is 13.0. The van der Waals surface area contributed by atoms with Crippen molar-refractivity contribution in [1.82, 2.24) is 4.98 Å². The van der Waals surface area contributed by atoms with E-state index in [1.165, 1.54) is 24.4 Å². The van der Waals surface area contributed by atoms with Crippen LogP contribution in [0, 0.1) is 5.82 Å². The molecule has 0 fully saturated rings. The maximum atomic E-state index is 13.0. The summed E-state index contributed by atoms with van der Waals surface area (Å²) in [6.07, 6.45) is 3.06. The van der Waals surface area contributed by atoms with Crippen molar-refractivity contribution in [1.29, 1.82) is 0 Å². The minimum Gasteiger partial charge on any atom is -0.454 e. The van der Waals surface area contributed by atoms with Crippen molar-refractivity contribution in [2.75, 3.05) is 5.73 Å². The van der Waals surface area contributed by atoms with Crippen molar-refractivity contribution in [2.45, 2.75) is 0 Å². The minimum atomic E-state index is -0.348. The molecule has 0 saturated heterocycles. The van der Waals surface area contributed by atoms with Crippen molar-refractivity contribution in [3.63, 3.8) is 0 Å². The molecule has 2 aromatic rings. The lowest BCUT2D eigenvalue weighted by Crippen LogP contribution is -1.94. The molecule has 0 aliphatic rings. The van der Waals surface area contributed by atoms with Gasteiger partial charge in [0, 0.05) is 6.20 Å². The molecule has 0 aliphatic carbocycles. The van der Waals surface area contributed by atoms with E-state index in [4.69, 9.17) is 10.5 Å². The highest BCUT2D eigenvalue weighted by atomic mass is 79.9. The third-order valence-electron chi connectivity index (χ3n) is 1.99. The molecule has 88 valence electrons. The lowest BCUT2D eigenvalue weighted by Gasteiger charge is -2.10. The van der Waals surface area contributed by atoms with Crippen LogP contribution >= 0.6 is 31.9 Å². The van der Waals surface area contributed by atoms with Gasteiger partial charge in [0.05, 0.1) is 20.8 Å². The number of rotatable bonds is 2. The first-order valence-corrected chi connectivity index (χ1v) is 6.18. The second-order valence-electron chi connectivity index (χ2n) is 3.22. The summed E-state index contributed by atoms with van der Waals surface area (Å²) in [7, 11) is 0. The van der Waals surface area contributed by atoms with Gasteiger partial charge in [-0.15, -0.1) is 0 Å². The van der Waals surface area contributed by atoms with Crippen LogP contribution in [0.5, 0.6) is 11.5 Å². The molecule has 6 heteroatoms. The average Bonchev–Trinajstić information content (AvgIpc) is 2.28. The van der Waals surface area contributed by atoms with Gasteiger partial charge in [-0.2, -0.15) is 0 Å². The van der Waals surface area contributed by atoms with Crippen LogP contribution in [0.2, 0.25) is 0 Å². The molecule has 0 spiro atoms. The first-order valence-electron chi connectivity index (χ1n) is 4.60. The highest BCUT2D eigenvalue weighted by molar-refractivity contribution is 9.10. The highest BCUT2D eigenvalue weighted by Gasteiger charge is 2.09. The molecule has 0 saturated carbocycles. The van der Waals surface area contributed by atoms with Gasteiger partial charge in [0.25, 0.3) is 0 Å². The number of nitrogen functional groups attached to an aromatic ring is 1. The van der Waals surface area contributed by atoms with Crippen molar-refractivity contribution >= 4 is 37.5 Å². The largest absolute Gasteiger partial charge is 0.454 e. The number of nitrogens with two attached hydrogens (primary N) is 1. The fraction of sp³-hybridized carbons (Fsp3) is 0. The number of hydrogen-bond donors (Lipinski definition) is 1. The Morgan fingerprint density at radius 2 is 1.94 bits per heavy atom.